The number of thioether (sulfide) groups is 1. The minimum Gasteiger partial charge on any atom is -0.334 e. The Kier molecular flexibility index (Phi) is 8.97. The topological polar surface area (TPSA) is 71.8 Å². The van der Waals surface area contributed by atoms with Crippen molar-refractivity contribution in [3.05, 3.63) is 106 Å². The third-order valence-electron chi connectivity index (χ3n) is 5.48. The second kappa shape index (κ2) is 12.2. The molecule has 0 spiro atoms. The van der Waals surface area contributed by atoms with E-state index in [0.717, 1.165) is 11.1 Å². The maximum atomic E-state index is 13.4. The van der Waals surface area contributed by atoms with Crippen LogP contribution in [0.15, 0.2) is 78.0 Å². The molecule has 0 aliphatic rings. The van der Waals surface area contributed by atoms with Gasteiger partial charge in [-0.05, 0) is 62.2 Å². The van der Waals surface area contributed by atoms with Crippen molar-refractivity contribution in [1.29, 1.82) is 0 Å². The van der Waals surface area contributed by atoms with Gasteiger partial charge in [-0.25, -0.2) is 9.18 Å². The number of nitrogens with zero attached hydrogens (tertiary/aromatic N) is 3. The fourth-order valence-corrected chi connectivity index (χ4v) is 5.21. The molecule has 1 heterocycles. The van der Waals surface area contributed by atoms with E-state index < -0.39 is 11.6 Å². The molecule has 38 heavy (non-hydrogen) atoms. The zero-order valence-corrected chi connectivity index (χ0v) is 23.5. The predicted octanol–water partition coefficient (Wildman–Crippen LogP) is 7.39. The molecule has 3 aromatic carbocycles. The largest absolute Gasteiger partial charge is 0.334 e. The number of amides is 2. The molecule has 2 amide bonds. The first kappa shape index (κ1) is 28.0. The van der Waals surface area contributed by atoms with E-state index in [1.807, 2.05) is 55.7 Å². The summed E-state index contributed by atoms with van der Waals surface area (Å²) in [6.07, 6.45) is 0.477. The molecular weight excluding hydrogens is 544 g/mol. The van der Waals surface area contributed by atoms with Crippen molar-refractivity contribution >= 4 is 41.0 Å². The number of hydrogen-bond donors (Lipinski definition) is 2. The molecule has 1 atom stereocenters. The molecule has 0 fully saturated rings. The van der Waals surface area contributed by atoms with Crippen LogP contribution in [-0.4, -0.2) is 26.3 Å². The maximum absolute atomic E-state index is 13.4. The standard InChI is InChI=1S/C28H28Cl2FN5OS/c1-28(2,3)33-26(37)32-23(15-18-7-5-4-6-8-18)25-34-35-27(38-17-19-9-12-21(31)13-10-19)36(25)24-14-11-20(29)16-22(24)30/h4-14,16,23H,15,17H2,1-3H3,(H2,32,33,37). The molecule has 4 aromatic rings. The Balaban J connectivity index is 1.75. The van der Waals surface area contributed by atoms with E-state index >= 15 is 0 Å². The Hall–Kier alpha value is -3.07. The van der Waals surface area contributed by atoms with Crippen molar-refractivity contribution in [3.63, 3.8) is 0 Å². The Labute approximate surface area is 236 Å². The van der Waals surface area contributed by atoms with E-state index in [-0.39, 0.29) is 11.8 Å². The van der Waals surface area contributed by atoms with Crippen molar-refractivity contribution in [2.75, 3.05) is 0 Å². The van der Waals surface area contributed by atoms with Crippen molar-refractivity contribution in [3.8, 4) is 5.69 Å². The summed E-state index contributed by atoms with van der Waals surface area (Å²) in [6.45, 7) is 5.75. The van der Waals surface area contributed by atoms with Crippen LogP contribution in [0.5, 0.6) is 0 Å². The third-order valence-corrected chi connectivity index (χ3v) is 7.02. The van der Waals surface area contributed by atoms with Gasteiger partial charge in [-0.1, -0.05) is 77.4 Å². The second-order valence-corrected chi connectivity index (χ2v) is 11.6. The van der Waals surface area contributed by atoms with E-state index in [9.17, 15) is 9.18 Å². The molecule has 0 bridgehead atoms. The number of urea groups is 1. The van der Waals surface area contributed by atoms with Gasteiger partial charge in [0, 0.05) is 22.7 Å². The number of carbonyl (C=O) groups is 1. The summed E-state index contributed by atoms with van der Waals surface area (Å²) in [5.41, 5.74) is 2.16. The molecule has 2 N–H and O–H groups in total. The number of benzene rings is 3. The molecule has 0 aliphatic heterocycles. The van der Waals surface area contributed by atoms with Gasteiger partial charge in [0.1, 0.15) is 5.82 Å². The first-order valence-electron chi connectivity index (χ1n) is 12.0. The SMILES string of the molecule is CC(C)(C)NC(=O)NC(Cc1ccccc1)c1nnc(SCc2ccc(F)cc2)n1-c1ccc(Cl)cc1Cl. The number of rotatable bonds is 8. The van der Waals surface area contributed by atoms with Crippen LogP contribution in [0, 0.1) is 5.82 Å². The van der Waals surface area contributed by atoms with Crippen molar-refractivity contribution in [2.45, 2.75) is 49.7 Å². The Morgan fingerprint density at radius 3 is 2.37 bits per heavy atom. The zero-order chi connectivity index (χ0) is 27.3. The fraction of sp³-hybridized carbons (Fsp3) is 0.250. The Bertz CT molecular complexity index is 1390. The van der Waals surface area contributed by atoms with E-state index in [0.29, 0.717) is 38.9 Å². The van der Waals surface area contributed by atoms with Crippen LogP contribution in [0.1, 0.15) is 43.8 Å². The van der Waals surface area contributed by atoms with E-state index in [1.165, 1.54) is 23.9 Å². The van der Waals surface area contributed by atoms with Crippen molar-refractivity contribution in [1.82, 2.24) is 25.4 Å². The van der Waals surface area contributed by atoms with Crippen LogP contribution in [0.2, 0.25) is 10.0 Å². The highest BCUT2D eigenvalue weighted by Crippen LogP contribution is 2.33. The molecule has 198 valence electrons. The number of aromatic nitrogens is 3. The normalized spacial score (nSPS) is 12.3. The summed E-state index contributed by atoms with van der Waals surface area (Å²) in [5.74, 6) is 0.759. The van der Waals surface area contributed by atoms with Crippen LogP contribution in [-0.2, 0) is 12.2 Å². The highest BCUT2D eigenvalue weighted by Gasteiger charge is 2.27. The van der Waals surface area contributed by atoms with Crippen LogP contribution in [0.25, 0.3) is 5.69 Å². The van der Waals surface area contributed by atoms with Crippen LogP contribution in [0.4, 0.5) is 9.18 Å². The lowest BCUT2D eigenvalue weighted by molar-refractivity contribution is 0.227. The van der Waals surface area contributed by atoms with Gasteiger partial charge in [0.15, 0.2) is 11.0 Å². The van der Waals surface area contributed by atoms with Gasteiger partial charge in [-0.15, -0.1) is 10.2 Å². The van der Waals surface area contributed by atoms with Crippen LogP contribution < -0.4 is 10.6 Å². The highest BCUT2D eigenvalue weighted by molar-refractivity contribution is 7.98. The number of nitrogens with one attached hydrogen (secondary N) is 2. The third kappa shape index (κ3) is 7.49. The van der Waals surface area contributed by atoms with Gasteiger partial charge < -0.3 is 10.6 Å². The molecule has 1 unspecified atom stereocenters. The summed E-state index contributed by atoms with van der Waals surface area (Å²) in [5, 5.41) is 16.5. The van der Waals surface area contributed by atoms with Gasteiger partial charge in [-0.2, -0.15) is 0 Å². The van der Waals surface area contributed by atoms with Gasteiger partial charge >= 0.3 is 6.03 Å². The lowest BCUT2D eigenvalue weighted by Gasteiger charge is -2.25. The summed E-state index contributed by atoms with van der Waals surface area (Å²) in [6, 6.07) is 20.5. The van der Waals surface area contributed by atoms with Crippen LogP contribution in [0.3, 0.4) is 0 Å². The van der Waals surface area contributed by atoms with Gasteiger partial charge in [0.2, 0.25) is 0 Å². The summed E-state index contributed by atoms with van der Waals surface area (Å²) in [4.78, 5) is 13.0. The van der Waals surface area contributed by atoms with Crippen molar-refractivity contribution in [2.24, 2.45) is 0 Å². The summed E-state index contributed by atoms with van der Waals surface area (Å²) < 4.78 is 15.2. The Morgan fingerprint density at radius 2 is 1.71 bits per heavy atom. The second-order valence-electron chi connectivity index (χ2n) is 9.78. The lowest BCUT2D eigenvalue weighted by Crippen LogP contribution is -2.48. The first-order chi connectivity index (χ1) is 18.1. The van der Waals surface area contributed by atoms with E-state index in [4.69, 9.17) is 23.2 Å². The number of hydrogen-bond acceptors (Lipinski definition) is 4. The molecule has 1 aromatic heterocycles. The average molecular weight is 573 g/mol. The highest BCUT2D eigenvalue weighted by atomic mass is 35.5. The zero-order valence-electron chi connectivity index (χ0n) is 21.2. The summed E-state index contributed by atoms with van der Waals surface area (Å²) in [7, 11) is 0. The minimum absolute atomic E-state index is 0.291. The smallest absolute Gasteiger partial charge is 0.315 e. The van der Waals surface area contributed by atoms with Crippen LogP contribution >= 0.6 is 35.0 Å². The van der Waals surface area contributed by atoms with E-state index in [1.54, 1.807) is 30.3 Å². The molecule has 4 rings (SSSR count). The number of halogens is 3. The minimum atomic E-state index is -0.529. The number of carbonyl (C=O) groups excluding carboxylic acids is 1. The average Bonchev–Trinajstić information content (AvgIpc) is 3.26. The van der Waals surface area contributed by atoms with Gasteiger partial charge in [0.25, 0.3) is 0 Å². The monoisotopic (exact) mass is 571 g/mol. The maximum Gasteiger partial charge on any atom is 0.315 e. The lowest BCUT2D eigenvalue weighted by atomic mass is 10.0. The van der Waals surface area contributed by atoms with E-state index in [2.05, 4.69) is 20.8 Å². The van der Waals surface area contributed by atoms with Crippen molar-refractivity contribution < 1.29 is 9.18 Å². The molecule has 0 saturated heterocycles. The molecule has 0 saturated carbocycles. The molecule has 0 radical (unpaired) electrons. The molecule has 0 aliphatic carbocycles. The molecule has 6 nitrogen and oxygen atoms in total. The fourth-order valence-electron chi connectivity index (χ4n) is 3.81. The first-order valence-corrected chi connectivity index (χ1v) is 13.7. The quantitative estimate of drug-likeness (QED) is 0.216. The Morgan fingerprint density at radius 1 is 1.00 bits per heavy atom. The molecule has 10 heteroatoms. The van der Waals surface area contributed by atoms with Gasteiger partial charge in [-0.3, -0.25) is 4.57 Å². The molecular formula is C28H28Cl2FN5OS. The van der Waals surface area contributed by atoms with Gasteiger partial charge in [0.05, 0.1) is 16.8 Å². The summed E-state index contributed by atoms with van der Waals surface area (Å²) >= 11 is 14.3. The predicted molar refractivity (Wildman–Crippen MR) is 152 cm³/mol.